The van der Waals surface area contributed by atoms with Crippen molar-refractivity contribution in [3.05, 3.63) is 53.2 Å². The van der Waals surface area contributed by atoms with Gasteiger partial charge in [-0.25, -0.2) is 4.98 Å². The quantitative estimate of drug-likeness (QED) is 0.854. The zero-order chi connectivity index (χ0) is 15.5. The van der Waals surface area contributed by atoms with Gasteiger partial charge in [-0.2, -0.15) is 0 Å². The summed E-state index contributed by atoms with van der Waals surface area (Å²) in [4.78, 5) is 6.98. The van der Waals surface area contributed by atoms with Gasteiger partial charge in [-0.3, -0.25) is 0 Å². The summed E-state index contributed by atoms with van der Waals surface area (Å²) in [6.45, 7) is 8.29. The predicted molar refractivity (Wildman–Crippen MR) is 90.8 cm³/mol. The van der Waals surface area contributed by atoms with E-state index in [4.69, 9.17) is 4.74 Å². The van der Waals surface area contributed by atoms with Gasteiger partial charge in [0, 0.05) is 31.6 Å². The molecule has 0 radical (unpaired) electrons. The van der Waals surface area contributed by atoms with E-state index >= 15 is 0 Å². The standard InChI is InChI=1S/C19H24N2O/c1-14-6-4-7-15(2)19(14)22-17-10-12-21(13-11-17)18-9-5-8-16(3)20-18/h4-9,17H,10-13H2,1-3H3. The zero-order valence-corrected chi connectivity index (χ0v) is 13.7. The Morgan fingerprint density at radius 3 is 2.23 bits per heavy atom. The highest BCUT2D eigenvalue weighted by Crippen LogP contribution is 2.27. The summed E-state index contributed by atoms with van der Waals surface area (Å²) in [5, 5.41) is 0. The number of nitrogens with zero attached hydrogens (tertiary/aromatic N) is 2. The van der Waals surface area contributed by atoms with Crippen LogP contribution in [0.3, 0.4) is 0 Å². The molecular formula is C19H24N2O. The molecule has 1 aromatic carbocycles. The van der Waals surface area contributed by atoms with Crippen LogP contribution in [0.25, 0.3) is 0 Å². The smallest absolute Gasteiger partial charge is 0.128 e. The third kappa shape index (κ3) is 3.24. The van der Waals surface area contributed by atoms with Crippen LogP contribution in [0.15, 0.2) is 36.4 Å². The minimum absolute atomic E-state index is 0.306. The van der Waals surface area contributed by atoms with Crippen LogP contribution in [0.2, 0.25) is 0 Å². The maximum Gasteiger partial charge on any atom is 0.128 e. The molecule has 3 rings (SSSR count). The predicted octanol–water partition coefficient (Wildman–Crippen LogP) is 4.05. The molecule has 3 nitrogen and oxygen atoms in total. The summed E-state index contributed by atoms with van der Waals surface area (Å²) in [5.74, 6) is 2.15. The molecule has 1 fully saturated rings. The van der Waals surface area contributed by atoms with Crippen LogP contribution in [-0.2, 0) is 0 Å². The molecule has 0 atom stereocenters. The lowest BCUT2D eigenvalue weighted by molar-refractivity contribution is 0.168. The van der Waals surface area contributed by atoms with Crippen LogP contribution in [0.4, 0.5) is 5.82 Å². The molecule has 1 saturated heterocycles. The lowest BCUT2D eigenvalue weighted by Crippen LogP contribution is -2.38. The van der Waals surface area contributed by atoms with E-state index in [0.29, 0.717) is 6.10 Å². The van der Waals surface area contributed by atoms with Crippen molar-refractivity contribution in [1.82, 2.24) is 4.98 Å². The van der Waals surface area contributed by atoms with Crippen LogP contribution in [0.1, 0.15) is 29.7 Å². The van der Waals surface area contributed by atoms with Gasteiger partial charge in [0.15, 0.2) is 0 Å². The number of hydrogen-bond donors (Lipinski definition) is 0. The second kappa shape index (κ2) is 6.39. The van der Waals surface area contributed by atoms with Gasteiger partial charge in [0.05, 0.1) is 0 Å². The number of rotatable bonds is 3. The number of para-hydroxylation sites is 1. The molecule has 2 aromatic rings. The summed E-state index contributed by atoms with van der Waals surface area (Å²) in [7, 11) is 0. The highest BCUT2D eigenvalue weighted by atomic mass is 16.5. The zero-order valence-electron chi connectivity index (χ0n) is 13.7. The maximum atomic E-state index is 6.28. The monoisotopic (exact) mass is 296 g/mol. The molecule has 0 spiro atoms. The molecule has 3 heteroatoms. The van der Waals surface area contributed by atoms with Crippen molar-refractivity contribution in [3.63, 3.8) is 0 Å². The number of ether oxygens (including phenoxy) is 1. The van der Waals surface area contributed by atoms with Gasteiger partial charge in [0.25, 0.3) is 0 Å². The summed E-state index contributed by atoms with van der Waals surface area (Å²) < 4.78 is 6.28. The Bertz CT molecular complexity index is 625. The molecule has 1 aliphatic heterocycles. The van der Waals surface area contributed by atoms with E-state index in [2.05, 4.69) is 54.1 Å². The first-order valence-corrected chi connectivity index (χ1v) is 8.05. The topological polar surface area (TPSA) is 25.4 Å². The highest BCUT2D eigenvalue weighted by Gasteiger charge is 2.22. The first-order chi connectivity index (χ1) is 10.6. The molecule has 2 heterocycles. The molecule has 116 valence electrons. The summed E-state index contributed by atoms with van der Waals surface area (Å²) >= 11 is 0. The molecule has 0 amide bonds. The van der Waals surface area contributed by atoms with Gasteiger partial charge in [-0.15, -0.1) is 0 Å². The van der Waals surface area contributed by atoms with Crippen molar-refractivity contribution >= 4 is 5.82 Å². The Hall–Kier alpha value is -2.03. The molecule has 0 unspecified atom stereocenters. The van der Waals surface area contributed by atoms with Crippen molar-refractivity contribution in [2.45, 2.75) is 39.7 Å². The van der Waals surface area contributed by atoms with Gasteiger partial charge in [-0.1, -0.05) is 24.3 Å². The Kier molecular flexibility index (Phi) is 4.32. The van der Waals surface area contributed by atoms with E-state index in [9.17, 15) is 0 Å². The Balaban J connectivity index is 1.62. The van der Waals surface area contributed by atoms with Crippen LogP contribution >= 0.6 is 0 Å². The van der Waals surface area contributed by atoms with E-state index in [1.54, 1.807) is 0 Å². The maximum absolute atomic E-state index is 6.28. The van der Waals surface area contributed by atoms with Crippen molar-refractivity contribution in [2.24, 2.45) is 0 Å². The fraction of sp³-hybridized carbons (Fsp3) is 0.421. The van der Waals surface area contributed by atoms with E-state index < -0.39 is 0 Å². The van der Waals surface area contributed by atoms with Gasteiger partial charge in [0.1, 0.15) is 17.7 Å². The number of aryl methyl sites for hydroxylation is 3. The lowest BCUT2D eigenvalue weighted by atomic mass is 10.1. The minimum Gasteiger partial charge on any atom is -0.490 e. The van der Waals surface area contributed by atoms with Crippen LogP contribution in [0.5, 0.6) is 5.75 Å². The van der Waals surface area contributed by atoms with E-state index in [0.717, 1.165) is 43.2 Å². The fourth-order valence-corrected chi connectivity index (χ4v) is 3.06. The number of anilines is 1. The molecule has 0 bridgehead atoms. The first kappa shape index (κ1) is 14.9. The third-order valence-electron chi connectivity index (χ3n) is 4.33. The van der Waals surface area contributed by atoms with Gasteiger partial charge >= 0.3 is 0 Å². The number of benzene rings is 1. The van der Waals surface area contributed by atoms with Gasteiger partial charge < -0.3 is 9.64 Å². The second-order valence-corrected chi connectivity index (χ2v) is 6.16. The van der Waals surface area contributed by atoms with Crippen molar-refractivity contribution in [1.29, 1.82) is 0 Å². The van der Waals surface area contributed by atoms with Crippen molar-refractivity contribution < 1.29 is 4.74 Å². The number of aromatic nitrogens is 1. The largest absolute Gasteiger partial charge is 0.490 e. The molecular weight excluding hydrogens is 272 g/mol. The molecule has 22 heavy (non-hydrogen) atoms. The van der Waals surface area contributed by atoms with E-state index in [1.807, 2.05) is 13.0 Å². The van der Waals surface area contributed by atoms with Crippen molar-refractivity contribution in [3.8, 4) is 5.75 Å². The Morgan fingerprint density at radius 2 is 1.59 bits per heavy atom. The summed E-state index contributed by atoms with van der Waals surface area (Å²) in [6.07, 6.45) is 2.40. The number of pyridine rings is 1. The van der Waals surface area contributed by atoms with Crippen molar-refractivity contribution in [2.75, 3.05) is 18.0 Å². The summed E-state index contributed by atoms with van der Waals surface area (Å²) in [6, 6.07) is 12.5. The lowest BCUT2D eigenvalue weighted by Gasteiger charge is -2.33. The molecule has 0 N–H and O–H groups in total. The minimum atomic E-state index is 0.306. The third-order valence-corrected chi connectivity index (χ3v) is 4.33. The average Bonchev–Trinajstić information content (AvgIpc) is 2.52. The molecule has 1 aliphatic rings. The van der Waals surface area contributed by atoms with Crippen LogP contribution < -0.4 is 9.64 Å². The fourth-order valence-electron chi connectivity index (χ4n) is 3.06. The number of hydrogen-bond acceptors (Lipinski definition) is 3. The van der Waals surface area contributed by atoms with Gasteiger partial charge in [0.2, 0.25) is 0 Å². The van der Waals surface area contributed by atoms with Crippen LogP contribution in [-0.4, -0.2) is 24.2 Å². The van der Waals surface area contributed by atoms with Crippen LogP contribution in [0, 0.1) is 20.8 Å². The molecule has 1 aromatic heterocycles. The SMILES string of the molecule is Cc1cccc(N2CCC(Oc3c(C)cccc3C)CC2)n1. The second-order valence-electron chi connectivity index (χ2n) is 6.16. The molecule has 0 aliphatic carbocycles. The highest BCUT2D eigenvalue weighted by molar-refractivity contribution is 5.41. The van der Waals surface area contributed by atoms with Gasteiger partial charge in [-0.05, 0) is 44.0 Å². The summed E-state index contributed by atoms with van der Waals surface area (Å²) in [5.41, 5.74) is 3.52. The number of piperidine rings is 1. The van der Waals surface area contributed by atoms with E-state index in [1.165, 1.54) is 11.1 Å². The van der Waals surface area contributed by atoms with E-state index in [-0.39, 0.29) is 0 Å². The molecule has 0 saturated carbocycles. The average molecular weight is 296 g/mol. The normalized spacial score (nSPS) is 15.9. The Morgan fingerprint density at radius 1 is 0.955 bits per heavy atom. The first-order valence-electron chi connectivity index (χ1n) is 8.05. The Labute approximate surface area is 132 Å².